The predicted molar refractivity (Wildman–Crippen MR) is 109 cm³/mol. The zero-order chi connectivity index (χ0) is 19.6. The van der Waals surface area contributed by atoms with Gasteiger partial charge in [0.15, 0.2) is 0 Å². The van der Waals surface area contributed by atoms with Gasteiger partial charge in [-0.3, -0.25) is 9.59 Å². The van der Waals surface area contributed by atoms with Crippen molar-refractivity contribution in [1.82, 2.24) is 0 Å². The van der Waals surface area contributed by atoms with Gasteiger partial charge >= 0.3 is 0 Å². The van der Waals surface area contributed by atoms with Crippen molar-refractivity contribution < 1.29 is 14.3 Å². The first-order chi connectivity index (χ1) is 13.0. The molecule has 0 aliphatic rings. The number of hydrogen-bond acceptors (Lipinski definition) is 3. The van der Waals surface area contributed by atoms with Crippen LogP contribution >= 0.6 is 0 Å². The molecule has 0 bridgehead atoms. The first-order valence-electron chi connectivity index (χ1n) is 9.02. The average molecular weight is 366 g/mol. The summed E-state index contributed by atoms with van der Waals surface area (Å²) < 4.78 is 5.80. The molecule has 0 aliphatic carbocycles. The molecule has 2 amide bonds. The highest BCUT2D eigenvalue weighted by Gasteiger charge is 2.09. The van der Waals surface area contributed by atoms with Gasteiger partial charge < -0.3 is 15.4 Å². The highest BCUT2D eigenvalue weighted by molar-refractivity contribution is 5.99. The molecule has 0 aromatic heterocycles. The number of ether oxygens (including phenoxy) is 1. The van der Waals surface area contributed by atoms with E-state index < -0.39 is 0 Å². The van der Waals surface area contributed by atoms with Crippen molar-refractivity contribution in [2.45, 2.75) is 26.7 Å². The highest BCUT2D eigenvalue weighted by atomic mass is 16.5. The Morgan fingerprint density at radius 3 is 2.44 bits per heavy atom. The Bertz CT molecular complexity index is 782. The van der Waals surface area contributed by atoms with Gasteiger partial charge in [0.2, 0.25) is 11.8 Å². The molecular weight excluding hydrogens is 340 g/mol. The second-order valence-electron chi connectivity index (χ2n) is 6.64. The van der Waals surface area contributed by atoms with E-state index in [9.17, 15) is 9.59 Å². The van der Waals surface area contributed by atoms with E-state index in [1.165, 1.54) is 6.08 Å². The molecule has 27 heavy (non-hydrogen) atoms. The Balaban J connectivity index is 1.93. The van der Waals surface area contributed by atoms with Gasteiger partial charge in [0.1, 0.15) is 5.75 Å². The summed E-state index contributed by atoms with van der Waals surface area (Å²) in [4.78, 5) is 23.7. The van der Waals surface area contributed by atoms with Gasteiger partial charge in [-0.1, -0.05) is 44.7 Å². The van der Waals surface area contributed by atoms with E-state index in [2.05, 4.69) is 31.1 Å². The number of para-hydroxylation sites is 2. The molecule has 0 radical (unpaired) electrons. The first kappa shape index (κ1) is 20.2. The number of nitrogens with one attached hydrogen (secondary N) is 2. The third-order valence-electron chi connectivity index (χ3n) is 3.89. The fraction of sp³-hybridized carbons (Fsp3) is 0.273. The topological polar surface area (TPSA) is 67.4 Å². The van der Waals surface area contributed by atoms with E-state index in [1.54, 1.807) is 12.1 Å². The number of carbonyl (C=O) groups excluding carboxylic acids is 2. The van der Waals surface area contributed by atoms with Crippen LogP contribution < -0.4 is 15.4 Å². The molecule has 0 saturated heterocycles. The average Bonchev–Trinajstić information content (AvgIpc) is 2.64. The fourth-order valence-electron chi connectivity index (χ4n) is 2.38. The van der Waals surface area contributed by atoms with Crippen molar-refractivity contribution in [3.63, 3.8) is 0 Å². The normalized spacial score (nSPS) is 10.3. The first-order valence-corrected chi connectivity index (χ1v) is 9.02. The van der Waals surface area contributed by atoms with Crippen LogP contribution in [0.15, 0.2) is 61.2 Å². The standard InChI is InChI=1S/C22H26N2O3/c1-4-21(25)23-18-11-9-17(10-12-18)15-22(26)24-19-7-5-6-8-20(19)27-14-13-16(2)3/h4-12,16H,1,13-15H2,2-3H3,(H,23,25)(H,24,26). The van der Waals surface area contributed by atoms with Crippen molar-refractivity contribution >= 4 is 23.2 Å². The molecule has 5 nitrogen and oxygen atoms in total. The zero-order valence-corrected chi connectivity index (χ0v) is 15.8. The second-order valence-corrected chi connectivity index (χ2v) is 6.64. The molecule has 0 heterocycles. The molecule has 5 heteroatoms. The lowest BCUT2D eigenvalue weighted by Gasteiger charge is -2.13. The minimum atomic E-state index is -0.269. The van der Waals surface area contributed by atoms with Crippen LogP contribution in [0.5, 0.6) is 5.75 Å². The SMILES string of the molecule is C=CC(=O)Nc1ccc(CC(=O)Nc2ccccc2OCCC(C)C)cc1. The molecule has 0 aliphatic heterocycles. The lowest BCUT2D eigenvalue weighted by atomic mass is 10.1. The Morgan fingerprint density at radius 2 is 1.78 bits per heavy atom. The van der Waals surface area contributed by atoms with Crippen LogP contribution in [0, 0.1) is 5.92 Å². The van der Waals surface area contributed by atoms with Crippen molar-refractivity contribution in [1.29, 1.82) is 0 Å². The van der Waals surface area contributed by atoms with E-state index in [4.69, 9.17) is 4.74 Å². The van der Waals surface area contributed by atoms with E-state index in [0.29, 0.717) is 29.6 Å². The van der Waals surface area contributed by atoms with Gasteiger partial charge in [-0.2, -0.15) is 0 Å². The summed E-state index contributed by atoms with van der Waals surface area (Å²) in [5, 5.41) is 5.58. The largest absolute Gasteiger partial charge is 0.491 e. The molecule has 0 fully saturated rings. The Morgan fingerprint density at radius 1 is 1.07 bits per heavy atom. The van der Waals surface area contributed by atoms with Gasteiger partial charge in [-0.15, -0.1) is 0 Å². The van der Waals surface area contributed by atoms with Crippen LogP contribution in [0.3, 0.4) is 0 Å². The van der Waals surface area contributed by atoms with Crippen LogP contribution in [-0.4, -0.2) is 18.4 Å². The summed E-state index contributed by atoms with van der Waals surface area (Å²) in [7, 11) is 0. The Labute approximate surface area is 160 Å². The van der Waals surface area contributed by atoms with Crippen LogP contribution in [0.1, 0.15) is 25.8 Å². The van der Waals surface area contributed by atoms with Crippen LogP contribution in [0.25, 0.3) is 0 Å². The molecular formula is C22H26N2O3. The number of carbonyl (C=O) groups is 2. The van der Waals surface area contributed by atoms with E-state index >= 15 is 0 Å². The molecule has 0 spiro atoms. The summed E-state index contributed by atoms with van der Waals surface area (Å²) in [6.07, 6.45) is 2.40. The molecule has 2 N–H and O–H groups in total. The molecule has 0 atom stereocenters. The summed E-state index contributed by atoms with van der Waals surface area (Å²) in [6, 6.07) is 14.6. The van der Waals surface area contributed by atoms with Crippen molar-refractivity contribution in [3.05, 3.63) is 66.7 Å². The van der Waals surface area contributed by atoms with E-state index in [1.807, 2.05) is 36.4 Å². The third kappa shape index (κ3) is 6.98. The van der Waals surface area contributed by atoms with Gasteiger partial charge in [0, 0.05) is 5.69 Å². The van der Waals surface area contributed by atoms with Gasteiger partial charge in [0.25, 0.3) is 0 Å². The zero-order valence-electron chi connectivity index (χ0n) is 15.8. The molecule has 2 aromatic rings. The summed E-state index contributed by atoms with van der Waals surface area (Å²) >= 11 is 0. The molecule has 0 unspecified atom stereocenters. The Kier molecular flexibility index (Phi) is 7.62. The smallest absolute Gasteiger partial charge is 0.247 e. The maximum Gasteiger partial charge on any atom is 0.247 e. The Hall–Kier alpha value is -3.08. The van der Waals surface area contributed by atoms with Crippen molar-refractivity contribution in [2.24, 2.45) is 5.92 Å². The summed E-state index contributed by atoms with van der Waals surface area (Å²) in [5.41, 5.74) is 2.18. The fourth-order valence-corrected chi connectivity index (χ4v) is 2.38. The van der Waals surface area contributed by atoms with Gasteiger partial charge in [0.05, 0.1) is 18.7 Å². The number of anilines is 2. The van der Waals surface area contributed by atoms with Crippen LogP contribution in [-0.2, 0) is 16.0 Å². The lowest BCUT2D eigenvalue weighted by molar-refractivity contribution is -0.115. The maximum absolute atomic E-state index is 12.4. The predicted octanol–water partition coefficient (Wildman–Crippen LogP) is 4.42. The second kappa shape index (κ2) is 10.2. The molecule has 142 valence electrons. The number of benzene rings is 2. The van der Waals surface area contributed by atoms with Gasteiger partial charge in [-0.25, -0.2) is 0 Å². The third-order valence-corrected chi connectivity index (χ3v) is 3.89. The number of amides is 2. The summed E-state index contributed by atoms with van der Waals surface area (Å²) in [6.45, 7) is 8.31. The molecule has 2 aromatic carbocycles. The molecule has 2 rings (SSSR count). The van der Waals surface area contributed by atoms with Crippen LogP contribution in [0.4, 0.5) is 11.4 Å². The van der Waals surface area contributed by atoms with Crippen molar-refractivity contribution in [2.75, 3.05) is 17.2 Å². The van der Waals surface area contributed by atoms with E-state index in [0.717, 1.165) is 12.0 Å². The van der Waals surface area contributed by atoms with E-state index in [-0.39, 0.29) is 18.2 Å². The molecule has 0 saturated carbocycles. The number of rotatable bonds is 9. The minimum Gasteiger partial charge on any atom is -0.491 e. The van der Waals surface area contributed by atoms with Crippen molar-refractivity contribution in [3.8, 4) is 5.75 Å². The quantitative estimate of drug-likeness (QED) is 0.646. The minimum absolute atomic E-state index is 0.127. The van der Waals surface area contributed by atoms with Crippen LogP contribution in [0.2, 0.25) is 0 Å². The monoisotopic (exact) mass is 366 g/mol. The lowest BCUT2D eigenvalue weighted by Crippen LogP contribution is -2.15. The highest BCUT2D eigenvalue weighted by Crippen LogP contribution is 2.24. The summed E-state index contributed by atoms with van der Waals surface area (Å²) in [5.74, 6) is 0.840. The maximum atomic E-state index is 12.4. The number of hydrogen-bond donors (Lipinski definition) is 2. The van der Waals surface area contributed by atoms with Gasteiger partial charge in [-0.05, 0) is 48.2 Å².